The summed E-state index contributed by atoms with van der Waals surface area (Å²) >= 11 is 0. The molecule has 0 bridgehead atoms. The van der Waals surface area contributed by atoms with E-state index in [0.29, 0.717) is 6.08 Å². The highest BCUT2D eigenvalue weighted by Crippen LogP contribution is 2.21. The molecular weight excluding hydrogens is 355 g/mol. The summed E-state index contributed by atoms with van der Waals surface area (Å²) in [6, 6.07) is 0. The van der Waals surface area contributed by atoms with Crippen LogP contribution in [0.1, 0.15) is 0 Å². The van der Waals surface area contributed by atoms with E-state index >= 15 is 0 Å². The van der Waals surface area contributed by atoms with Crippen LogP contribution in [-0.2, 0) is 14.2 Å². The minimum atomic E-state index is -4.85. The van der Waals surface area contributed by atoms with Crippen LogP contribution in [0.15, 0.2) is 12.0 Å². The highest BCUT2D eigenvalue weighted by molar-refractivity contribution is 6.12. The molecule has 0 aromatic rings. The highest BCUT2D eigenvalue weighted by Gasteiger charge is 2.32. The van der Waals surface area contributed by atoms with E-state index < -0.39 is 50.0 Å². The first-order valence-corrected chi connectivity index (χ1v) is 6.63. The lowest BCUT2D eigenvalue weighted by Crippen LogP contribution is -2.25. The normalized spacial score (nSPS) is 14.6. The lowest BCUT2D eigenvalue weighted by molar-refractivity contribution is -0.199. The molecule has 0 aromatic heterocycles. The second kappa shape index (κ2) is 7.94. The summed E-state index contributed by atoms with van der Waals surface area (Å²) in [4.78, 5) is 0. The third-order valence-corrected chi connectivity index (χ3v) is 2.30. The molecule has 0 amide bonds. The predicted octanol–water partition coefficient (Wildman–Crippen LogP) is 2.26. The van der Waals surface area contributed by atoms with Gasteiger partial charge in [-0.15, -0.1) is 0 Å². The molecule has 0 radical (unpaired) electrons. The molecule has 0 spiro atoms. The molecule has 22 heavy (non-hydrogen) atoms. The molecule has 132 valence electrons. The van der Waals surface area contributed by atoms with Gasteiger partial charge in [-0.05, 0) is 0 Å². The number of hydrogen-bond donors (Lipinski definition) is 0. The Bertz CT molecular complexity index is 341. The van der Waals surface area contributed by atoms with Crippen LogP contribution in [0.4, 0.5) is 39.5 Å². The van der Waals surface area contributed by atoms with Crippen LogP contribution in [0, 0.1) is 0 Å². The Kier molecular flexibility index (Phi) is 7.54. The molecular formula is C9H11F9O3Si. The molecule has 0 aliphatic rings. The van der Waals surface area contributed by atoms with Crippen LogP contribution in [-0.4, -0.2) is 54.3 Å². The first-order valence-electron chi connectivity index (χ1n) is 5.47. The standard InChI is InChI=1S/C9H11F9O3Si/c10-7(11,12)2-19-5(20-3-8(13,14)15)1-6(22)21-4-9(16,17)18/h1,6H,2-4H2,22H3. The van der Waals surface area contributed by atoms with E-state index in [1.807, 2.05) is 0 Å². The number of rotatable bonds is 7. The van der Waals surface area contributed by atoms with Gasteiger partial charge in [-0.2, -0.15) is 39.5 Å². The second-order valence-electron chi connectivity index (χ2n) is 3.92. The van der Waals surface area contributed by atoms with E-state index in [1.165, 1.54) is 0 Å². The van der Waals surface area contributed by atoms with Gasteiger partial charge in [0.2, 0.25) is 0 Å². The summed E-state index contributed by atoms with van der Waals surface area (Å²) in [7, 11) is -0.148. The summed E-state index contributed by atoms with van der Waals surface area (Å²) in [5, 5.41) is 0. The number of alkyl halides is 9. The van der Waals surface area contributed by atoms with E-state index in [9.17, 15) is 39.5 Å². The SMILES string of the molecule is FC(F)(F)COC(=CC([SiH3])OCC(F)(F)F)OCC(F)(F)F. The van der Waals surface area contributed by atoms with E-state index in [4.69, 9.17) is 0 Å². The number of hydrogen-bond acceptors (Lipinski definition) is 3. The maximum Gasteiger partial charge on any atom is 0.422 e. The van der Waals surface area contributed by atoms with Gasteiger partial charge in [-0.25, -0.2) is 0 Å². The molecule has 0 saturated heterocycles. The number of halogens is 9. The molecule has 0 N–H and O–H groups in total. The maximum absolute atomic E-state index is 11.9. The van der Waals surface area contributed by atoms with Crippen LogP contribution in [0.25, 0.3) is 0 Å². The van der Waals surface area contributed by atoms with Crippen LogP contribution in [0.2, 0.25) is 0 Å². The van der Waals surface area contributed by atoms with Crippen LogP contribution < -0.4 is 0 Å². The van der Waals surface area contributed by atoms with Gasteiger partial charge in [0.15, 0.2) is 13.2 Å². The van der Waals surface area contributed by atoms with Gasteiger partial charge in [-0.1, -0.05) is 0 Å². The summed E-state index contributed by atoms with van der Waals surface area (Å²) in [5.41, 5.74) is -1.35. The van der Waals surface area contributed by atoms with Crippen molar-refractivity contribution in [2.24, 2.45) is 0 Å². The average Bonchev–Trinajstić information content (AvgIpc) is 2.27. The first kappa shape index (κ1) is 20.9. The summed E-state index contributed by atoms with van der Waals surface area (Å²) in [6.45, 7) is -5.61. The quantitative estimate of drug-likeness (QED) is 0.393. The molecule has 0 saturated carbocycles. The fraction of sp³-hybridized carbons (Fsp3) is 0.778. The molecule has 13 heteroatoms. The molecule has 0 aliphatic carbocycles. The lowest BCUT2D eigenvalue weighted by atomic mass is 10.6. The zero-order valence-electron chi connectivity index (χ0n) is 10.9. The van der Waals surface area contributed by atoms with Gasteiger partial charge >= 0.3 is 18.5 Å². The lowest BCUT2D eigenvalue weighted by Gasteiger charge is -2.17. The molecule has 0 fully saturated rings. The monoisotopic (exact) mass is 366 g/mol. The van der Waals surface area contributed by atoms with Crippen molar-refractivity contribution in [3.63, 3.8) is 0 Å². The Morgan fingerprint density at radius 2 is 1.14 bits per heavy atom. The van der Waals surface area contributed by atoms with Gasteiger partial charge in [0.25, 0.3) is 5.95 Å². The van der Waals surface area contributed by atoms with Crippen molar-refractivity contribution in [1.82, 2.24) is 0 Å². The predicted molar refractivity (Wildman–Crippen MR) is 57.8 cm³/mol. The summed E-state index contributed by atoms with van der Waals surface area (Å²) in [5.74, 6) is -1.20. The molecule has 0 aromatic carbocycles. The van der Waals surface area contributed by atoms with Crippen molar-refractivity contribution in [2.75, 3.05) is 19.8 Å². The third kappa shape index (κ3) is 13.9. The Morgan fingerprint density at radius 1 is 0.773 bits per heavy atom. The van der Waals surface area contributed by atoms with Crippen molar-refractivity contribution in [3.8, 4) is 0 Å². The summed E-state index contributed by atoms with van der Waals surface area (Å²) in [6.07, 6.45) is -13.9. The Hall–Kier alpha value is -1.11. The van der Waals surface area contributed by atoms with Crippen LogP contribution >= 0.6 is 0 Å². The first-order chi connectivity index (χ1) is 9.68. The van der Waals surface area contributed by atoms with Crippen molar-refractivity contribution in [1.29, 1.82) is 0 Å². The Labute approximate surface area is 121 Å². The Balaban J connectivity index is 4.69. The second-order valence-corrected chi connectivity index (χ2v) is 5.06. The zero-order valence-corrected chi connectivity index (χ0v) is 12.9. The Morgan fingerprint density at radius 3 is 1.45 bits per heavy atom. The van der Waals surface area contributed by atoms with Crippen LogP contribution in [0.3, 0.4) is 0 Å². The van der Waals surface area contributed by atoms with E-state index in [1.54, 1.807) is 0 Å². The minimum absolute atomic E-state index is 0.148. The van der Waals surface area contributed by atoms with Crippen LogP contribution in [0.5, 0.6) is 0 Å². The van der Waals surface area contributed by atoms with Crippen molar-refractivity contribution in [3.05, 3.63) is 12.0 Å². The molecule has 0 heterocycles. The molecule has 0 aliphatic heterocycles. The van der Waals surface area contributed by atoms with E-state index in [0.717, 1.165) is 0 Å². The fourth-order valence-corrected chi connectivity index (χ4v) is 1.35. The summed E-state index contributed by atoms with van der Waals surface area (Å²) < 4.78 is 119. The smallest absolute Gasteiger partial charge is 0.422 e. The average molecular weight is 366 g/mol. The maximum atomic E-state index is 11.9. The van der Waals surface area contributed by atoms with Crippen molar-refractivity contribution in [2.45, 2.75) is 24.3 Å². The van der Waals surface area contributed by atoms with Gasteiger partial charge in [0, 0.05) is 16.3 Å². The minimum Gasteiger partial charge on any atom is -0.456 e. The third-order valence-electron chi connectivity index (χ3n) is 1.64. The van der Waals surface area contributed by atoms with Gasteiger partial charge in [-0.3, -0.25) is 0 Å². The van der Waals surface area contributed by atoms with Gasteiger partial charge < -0.3 is 14.2 Å². The van der Waals surface area contributed by atoms with E-state index in [2.05, 4.69) is 14.2 Å². The van der Waals surface area contributed by atoms with E-state index in [-0.39, 0.29) is 10.2 Å². The number of ether oxygens (including phenoxy) is 3. The molecule has 3 nitrogen and oxygen atoms in total. The molecule has 1 atom stereocenters. The topological polar surface area (TPSA) is 27.7 Å². The van der Waals surface area contributed by atoms with Crippen molar-refractivity contribution >= 4 is 10.2 Å². The molecule has 0 rings (SSSR count). The highest BCUT2D eigenvalue weighted by atomic mass is 28.1. The fourth-order valence-electron chi connectivity index (χ4n) is 0.910. The van der Waals surface area contributed by atoms with Gasteiger partial charge in [0.1, 0.15) is 6.61 Å². The largest absolute Gasteiger partial charge is 0.456 e. The van der Waals surface area contributed by atoms with Gasteiger partial charge in [0.05, 0.1) is 5.73 Å². The molecule has 1 unspecified atom stereocenters. The zero-order chi connectivity index (χ0) is 17.6. The van der Waals surface area contributed by atoms with Crippen molar-refractivity contribution < 1.29 is 53.7 Å².